The highest BCUT2D eigenvalue weighted by Crippen LogP contribution is 2.19. The molecule has 24 heavy (non-hydrogen) atoms. The van der Waals surface area contributed by atoms with Crippen LogP contribution >= 0.6 is 11.8 Å². The minimum absolute atomic E-state index is 0.0553. The van der Waals surface area contributed by atoms with E-state index in [-0.39, 0.29) is 12.0 Å². The van der Waals surface area contributed by atoms with Gasteiger partial charge in [-0.1, -0.05) is 18.2 Å². The summed E-state index contributed by atoms with van der Waals surface area (Å²) in [4.78, 5) is 16.7. The molecular formula is C19H22N2O2S. The highest BCUT2D eigenvalue weighted by Gasteiger charge is 2.16. The Morgan fingerprint density at radius 3 is 2.75 bits per heavy atom. The second-order valence-corrected chi connectivity index (χ2v) is 6.77. The zero-order valence-corrected chi connectivity index (χ0v) is 14.6. The number of carbonyl (C=O) groups excluding carboxylic acids is 1. The molecule has 1 aromatic heterocycles. The lowest BCUT2D eigenvalue weighted by molar-refractivity contribution is 0.0858. The third-order valence-electron chi connectivity index (χ3n) is 4.09. The summed E-state index contributed by atoms with van der Waals surface area (Å²) >= 11 is 1.78. The van der Waals surface area contributed by atoms with Crippen molar-refractivity contribution in [1.29, 1.82) is 0 Å². The smallest absolute Gasteiger partial charge is 0.251 e. The van der Waals surface area contributed by atoms with Crippen molar-refractivity contribution in [3.05, 3.63) is 53.7 Å². The Labute approximate surface area is 147 Å². The maximum atomic E-state index is 12.2. The summed E-state index contributed by atoms with van der Waals surface area (Å²) in [6.07, 6.45) is 6.26. The number of carbonyl (C=O) groups is 1. The van der Waals surface area contributed by atoms with E-state index in [2.05, 4.69) is 22.6 Å². The van der Waals surface area contributed by atoms with E-state index in [1.807, 2.05) is 36.5 Å². The number of hydrogen-bond acceptors (Lipinski definition) is 4. The second-order valence-electron chi connectivity index (χ2n) is 5.91. The molecule has 4 nitrogen and oxygen atoms in total. The predicted octanol–water partition coefficient (Wildman–Crippen LogP) is 3.52. The molecule has 1 aromatic carbocycles. The van der Waals surface area contributed by atoms with Crippen LogP contribution in [-0.2, 0) is 10.5 Å². The van der Waals surface area contributed by atoms with E-state index in [1.54, 1.807) is 11.8 Å². The van der Waals surface area contributed by atoms with E-state index in [4.69, 9.17) is 4.74 Å². The highest BCUT2D eigenvalue weighted by molar-refractivity contribution is 7.97. The number of benzene rings is 1. The van der Waals surface area contributed by atoms with E-state index < -0.39 is 0 Å². The molecule has 0 spiro atoms. The predicted molar refractivity (Wildman–Crippen MR) is 98.2 cm³/mol. The van der Waals surface area contributed by atoms with Crippen LogP contribution < -0.4 is 5.32 Å². The number of nitrogens with zero attached hydrogens (tertiary/aromatic N) is 1. The first-order valence-corrected chi connectivity index (χ1v) is 9.60. The lowest BCUT2D eigenvalue weighted by atomic mass is 10.1. The summed E-state index contributed by atoms with van der Waals surface area (Å²) in [6.45, 7) is 1.39. The van der Waals surface area contributed by atoms with Crippen LogP contribution in [0.4, 0.5) is 0 Å². The number of rotatable bonds is 6. The third-order valence-corrected chi connectivity index (χ3v) is 4.71. The Bertz CT molecular complexity index is 665. The Balaban J connectivity index is 1.60. The molecule has 5 heteroatoms. The van der Waals surface area contributed by atoms with Crippen molar-refractivity contribution in [2.24, 2.45) is 0 Å². The SMILES string of the molecule is CSCc1ccc(-c2ccc(C(=O)NCC3CCCO3)cc2)nc1. The largest absolute Gasteiger partial charge is 0.376 e. The van der Waals surface area contributed by atoms with Crippen molar-refractivity contribution in [2.45, 2.75) is 24.7 Å². The second kappa shape index (κ2) is 8.31. The Hall–Kier alpha value is -1.85. The van der Waals surface area contributed by atoms with Gasteiger partial charge < -0.3 is 10.1 Å². The van der Waals surface area contributed by atoms with Crippen LogP contribution in [-0.4, -0.2) is 36.4 Å². The zero-order chi connectivity index (χ0) is 16.8. The van der Waals surface area contributed by atoms with Gasteiger partial charge >= 0.3 is 0 Å². The topological polar surface area (TPSA) is 51.2 Å². The molecule has 2 heterocycles. The maximum Gasteiger partial charge on any atom is 0.251 e. The molecule has 1 atom stereocenters. The van der Waals surface area contributed by atoms with Crippen LogP contribution in [0, 0.1) is 0 Å². The van der Waals surface area contributed by atoms with Gasteiger partial charge in [-0.05, 0) is 42.9 Å². The number of pyridine rings is 1. The van der Waals surface area contributed by atoms with Gasteiger partial charge in [0.05, 0.1) is 11.8 Å². The van der Waals surface area contributed by atoms with Gasteiger partial charge in [-0.15, -0.1) is 0 Å². The molecular weight excluding hydrogens is 320 g/mol. The van der Waals surface area contributed by atoms with Crippen LogP contribution in [0.15, 0.2) is 42.6 Å². The van der Waals surface area contributed by atoms with Gasteiger partial charge in [0.2, 0.25) is 0 Å². The standard InChI is InChI=1S/C19H22N2O2S/c1-24-13-14-4-9-18(20-11-14)15-5-7-16(8-6-15)19(22)21-12-17-3-2-10-23-17/h4-9,11,17H,2-3,10,12-13H2,1H3,(H,21,22). The van der Waals surface area contributed by atoms with Crippen LogP contribution in [0.3, 0.4) is 0 Å². The summed E-state index contributed by atoms with van der Waals surface area (Å²) < 4.78 is 5.52. The third kappa shape index (κ3) is 4.36. The molecule has 1 unspecified atom stereocenters. The minimum atomic E-state index is -0.0553. The van der Waals surface area contributed by atoms with Crippen molar-refractivity contribution < 1.29 is 9.53 Å². The van der Waals surface area contributed by atoms with E-state index in [0.29, 0.717) is 12.1 Å². The normalized spacial score (nSPS) is 17.0. The number of amides is 1. The summed E-state index contributed by atoms with van der Waals surface area (Å²) in [6, 6.07) is 11.7. The van der Waals surface area contributed by atoms with Gasteiger partial charge in [0.25, 0.3) is 5.91 Å². The van der Waals surface area contributed by atoms with E-state index in [0.717, 1.165) is 36.5 Å². The van der Waals surface area contributed by atoms with Crippen LogP contribution in [0.25, 0.3) is 11.3 Å². The fourth-order valence-corrected chi connectivity index (χ4v) is 3.26. The van der Waals surface area contributed by atoms with Crippen molar-refractivity contribution in [2.75, 3.05) is 19.4 Å². The number of aromatic nitrogens is 1. The van der Waals surface area contributed by atoms with Gasteiger partial charge in [-0.25, -0.2) is 0 Å². The quantitative estimate of drug-likeness (QED) is 0.873. The molecule has 1 saturated heterocycles. The summed E-state index contributed by atoms with van der Waals surface area (Å²) in [5.74, 6) is 0.914. The fourth-order valence-electron chi connectivity index (χ4n) is 2.75. The Morgan fingerprint density at radius 1 is 1.29 bits per heavy atom. The van der Waals surface area contributed by atoms with Crippen LogP contribution in [0.5, 0.6) is 0 Å². The molecule has 1 amide bonds. The van der Waals surface area contributed by atoms with Crippen molar-refractivity contribution in [3.63, 3.8) is 0 Å². The molecule has 0 aliphatic carbocycles. The minimum Gasteiger partial charge on any atom is -0.376 e. The number of nitrogens with one attached hydrogen (secondary N) is 1. The van der Waals surface area contributed by atoms with Crippen molar-refractivity contribution in [3.8, 4) is 11.3 Å². The number of hydrogen-bond donors (Lipinski definition) is 1. The molecule has 1 aliphatic rings. The summed E-state index contributed by atoms with van der Waals surface area (Å²) in [7, 11) is 0. The lowest BCUT2D eigenvalue weighted by Crippen LogP contribution is -2.31. The fraction of sp³-hybridized carbons (Fsp3) is 0.368. The van der Waals surface area contributed by atoms with Crippen molar-refractivity contribution >= 4 is 17.7 Å². The van der Waals surface area contributed by atoms with E-state index in [9.17, 15) is 4.79 Å². The van der Waals surface area contributed by atoms with E-state index >= 15 is 0 Å². The van der Waals surface area contributed by atoms with Gasteiger partial charge in [0, 0.05) is 36.2 Å². The molecule has 0 radical (unpaired) electrons. The van der Waals surface area contributed by atoms with Crippen LogP contribution in [0.2, 0.25) is 0 Å². The first-order valence-electron chi connectivity index (χ1n) is 8.20. The Kier molecular flexibility index (Phi) is 5.88. The monoisotopic (exact) mass is 342 g/mol. The molecule has 2 aromatic rings. The summed E-state index contributed by atoms with van der Waals surface area (Å²) in [5.41, 5.74) is 3.82. The van der Waals surface area contributed by atoms with Gasteiger partial charge in [0.1, 0.15) is 0 Å². The van der Waals surface area contributed by atoms with Gasteiger partial charge in [0.15, 0.2) is 0 Å². The highest BCUT2D eigenvalue weighted by atomic mass is 32.2. The average Bonchev–Trinajstić information content (AvgIpc) is 3.14. The Morgan fingerprint density at radius 2 is 2.12 bits per heavy atom. The first kappa shape index (κ1) is 17.0. The maximum absolute atomic E-state index is 12.2. The van der Waals surface area contributed by atoms with E-state index in [1.165, 1.54) is 5.56 Å². The summed E-state index contributed by atoms with van der Waals surface area (Å²) in [5, 5.41) is 2.94. The zero-order valence-electron chi connectivity index (χ0n) is 13.8. The molecule has 1 aliphatic heterocycles. The van der Waals surface area contributed by atoms with Gasteiger partial charge in [-0.2, -0.15) is 11.8 Å². The lowest BCUT2D eigenvalue weighted by Gasteiger charge is -2.11. The molecule has 0 bridgehead atoms. The molecule has 1 N–H and O–H groups in total. The van der Waals surface area contributed by atoms with Crippen molar-refractivity contribution in [1.82, 2.24) is 10.3 Å². The molecule has 126 valence electrons. The molecule has 0 saturated carbocycles. The average molecular weight is 342 g/mol. The van der Waals surface area contributed by atoms with Crippen LogP contribution in [0.1, 0.15) is 28.8 Å². The van der Waals surface area contributed by atoms with Gasteiger partial charge in [-0.3, -0.25) is 9.78 Å². The molecule has 1 fully saturated rings. The number of ether oxygens (including phenoxy) is 1. The first-order chi connectivity index (χ1) is 11.8. The number of thioether (sulfide) groups is 1. The molecule has 3 rings (SSSR count).